The van der Waals surface area contributed by atoms with Gasteiger partial charge in [0.1, 0.15) is 48.8 Å². The van der Waals surface area contributed by atoms with Gasteiger partial charge in [0.05, 0.1) is 19.8 Å². The van der Waals surface area contributed by atoms with Crippen LogP contribution in [0.5, 0.6) is 0 Å². The molecule has 158 valence electrons. The molecule has 2 fully saturated rings. The van der Waals surface area contributed by atoms with E-state index in [2.05, 4.69) is 0 Å². The minimum absolute atomic E-state index is 0.112. The molecule has 27 heavy (non-hydrogen) atoms. The molecule has 2 aliphatic rings. The van der Waals surface area contributed by atoms with Crippen molar-refractivity contribution in [2.75, 3.05) is 19.8 Å². The Morgan fingerprint density at radius 3 is 1.96 bits per heavy atom. The molecule has 0 spiro atoms. The Labute approximate surface area is 156 Å². The Morgan fingerprint density at radius 2 is 1.37 bits per heavy atom. The van der Waals surface area contributed by atoms with Crippen LogP contribution in [0.2, 0.25) is 0 Å². The Balaban J connectivity index is 2.08. The first-order chi connectivity index (χ1) is 12.8. The Morgan fingerprint density at radius 1 is 0.778 bits per heavy atom. The van der Waals surface area contributed by atoms with Crippen molar-refractivity contribution in [3.8, 4) is 0 Å². The van der Waals surface area contributed by atoms with Gasteiger partial charge in [-0.25, -0.2) is 0 Å². The minimum Gasteiger partial charge on any atom is -0.394 e. The van der Waals surface area contributed by atoms with Crippen molar-refractivity contribution >= 4 is 0 Å². The van der Waals surface area contributed by atoms with Crippen molar-refractivity contribution < 1.29 is 54.7 Å². The lowest BCUT2D eigenvalue weighted by Crippen LogP contribution is -2.64. The molecule has 7 N–H and O–H groups in total. The fraction of sp³-hybridized carbons (Fsp3) is 0.875. The zero-order chi connectivity index (χ0) is 20.1. The number of aliphatic hydroxyl groups excluding tert-OH is 7. The Hall–Kier alpha value is -0.700. The minimum atomic E-state index is -1.70. The fourth-order valence-corrected chi connectivity index (χ4v) is 2.94. The van der Waals surface area contributed by atoms with Gasteiger partial charge in [-0.1, -0.05) is 12.2 Å². The zero-order valence-corrected chi connectivity index (χ0v) is 14.8. The van der Waals surface area contributed by atoms with E-state index in [4.69, 9.17) is 18.9 Å². The van der Waals surface area contributed by atoms with Gasteiger partial charge in [0.25, 0.3) is 0 Å². The fourth-order valence-electron chi connectivity index (χ4n) is 2.94. The molecule has 2 saturated heterocycles. The van der Waals surface area contributed by atoms with E-state index in [0.29, 0.717) is 0 Å². The SMILES string of the molecule is C/C=C/CO[C@@H]1OC(CO)[C@@H](O[C@@H]2OC(CO)[C@H](O)[C@H](O)C2O)[C@H](O)C1O. The van der Waals surface area contributed by atoms with Crippen molar-refractivity contribution in [1.29, 1.82) is 0 Å². The number of allylic oxidation sites excluding steroid dienone is 1. The van der Waals surface area contributed by atoms with Gasteiger partial charge >= 0.3 is 0 Å². The monoisotopic (exact) mass is 396 g/mol. The smallest absolute Gasteiger partial charge is 0.187 e. The van der Waals surface area contributed by atoms with E-state index >= 15 is 0 Å². The molecule has 0 aromatic heterocycles. The number of rotatable bonds is 7. The lowest BCUT2D eigenvalue weighted by atomic mass is 9.97. The molecule has 2 rings (SSSR count). The molecule has 0 bridgehead atoms. The summed E-state index contributed by atoms with van der Waals surface area (Å²) in [6.07, 6.45) is -11.1. The molecule has 0 saturated carbocycles. The summed E-state index contributed by atoms with van der Waals surface area (Å²) in [6, 6.07) is 0. The number of aliphatic hydroxyl groups is 7. The number of hydrogen-bond acceptors (Lipinski definition) is 11. The summed E-state index contributed by atoms with van der Waals surface area (Å²) in [5, 5.41) is 68.9. The summed E-state index contributed by atoms with van der Waals surface area (Å²) >= 11 is 0. The predicted octanol–water partition coefficient (Wildman–Crippen LogP) is -3.80. The van der Waals surface area contributed by atoms with Crippen LogP contribution in [0.3, 0.4) is 0 Å². The van der Waals surface area contributed by atoms with Crippen LogP contribution in [0.4, 0.5) is 0 Å². The molecule has 0 aromatic rings. The molecular weight excluding hydrogens is 368 g/mol. The van der Waals surface area contributed by atoms with Gasteiger partial charge in [0.15, 0.2) is 12.6 Å². The maximum Gasteiger partial charge on any atom is 0.187 e. The highest BCUT2D eigenvalue weighted by Crippen LogP contribution is 2.29. The van der Waals surface area contributed by atoms with Gasteiger partial charge in [0.2, 0.25) is 0 Å². The Kier molecular flexibility index (Phi) is 8.52. The van der Waals surface area contributed by atoms with Gasteiger partial charge in [-0.3, -0.25) is 0 Å². The second kappa shape index (κ2) is 10.2. The normalized spacial score (nSPS) is 46.1. The summed E-state index contributed by atoms with van der Waals surface area (Å²) < 4.78 is 21.4. The van der Waals surface area contributed by atoms with E-state index in [0.717, 1.165) is 0 Å². The third kappa shape index (κ3) is 5.02. The molecular formula is C16H28O11. The van der Waals surface area contributed by atoms with Crippen molar-refractivity contribution in [3.05, 3.63) is 12.2 Å². The van der Waals surface area contributed by atoms with Gasteiger partial charge in [-0.15, -0.1) is 0 Å². The second-order valence-corrected chi connectivity index (χ2v) is 6.41. The standard InChI is InChI=1S/C16H28O11/c1-2-3-4-24-15-13(23)11(21)14(8(6-18)26-15)27-16-12(22)10(20)9(19)7(5-17)25-16/h2-3,7-23H,4-6H2,1H3/b3-2+/t7?,8?,9-,10-,11+,12?,13?,14+,15+,16-/m0/s1. The second-order valence-electron chi connectivity index (χ2n) is 6.41. The van der Waals surface area contributed by atoms with Crippen LogP contribution < -0.4 is 0 Å². The first-order valence-corrected chi connectivity index (χ1v) is 8.66. The molecule has 10 atom stereocenters. The largest absolute Gasteiger partial charge is 0.394 e. The van der Waals surface area contributed by atoms with Crippen LogP contribution in [0.1, 0.15) is 6.92 Å². The molecule has 11 nitrogen and oxygen atoms in total. The molecule has 2 aliphatic heterocycles. The highest BCUT2D eigenvalue weighted by molar-refractivity contribution is 4.94. The number of ether oxygens (including phenoxy) is 4. The van der Waals surface area contributed by atoms with Crippen LogP contribution in [-0.2, 0) is 18.9 Å². The summed E-state index contributed by atoms with van der Waals surface area (Å²) in [6.45, 7) is 0.634. The average molecular weight is 396 g/mol. The van der Waals surface area contributed by atoms with E-state index in [1.165, 1.54) is 0 Å². The van der Waals surface area contributed by atoms with Gasteiger partial charge in [-0.2, -0.15) is 0 Å². The first kappa shape index (κ1) is 22.6. The summed E-state index contributed by atoms with van der Waals surface area (Å²) in [7, 11) is 0. The van der Waals surface area contributed by atoms with E-state index in [-0.39, 0.29) is 6.61 Å². The maximum absolute atomic E-state index is 10.4. The van der Waals surface area contributed by atoms with Crippen molar-refractivity contribution in [2.45, 2.75) is 68.3 Å². The van der Waals surface area contributed by atoms with E-state index < -0.39 is 74.6 Å². The lowest BCUT2D eigenvalue weighted by Gasteiger charge is -2.45. The van der Waals surface area contributed by atoms with Gasteiger partial charge in [-0.05, 0) is 6.92 Å². The molecule has 0 aromatic carbocycles. The molecule has 11 heteroatoms. The number of hydrogen-bond donors (Lipinski definition) is 7. The highest BCUT2D eigenvalue weighted by atomic mass is 16.7. The molecule has 0 radical (unpaired) electrons. The van der Waals surface area contributed by atoms with Crippen LogP contribution in [0, 0.1) is 0 Å². The summed E-state index contributed by atoms with van der Waals surface area (Å²) in [4.78, 5) is 0. The lowest BCUT2D eigenvalue weighted by molar-refractivity contribution is -0.358. The maximum atomic E-state index is 10.4. The molecule has 0 amide bonds. The van der Waals surface area contributed by atoms with Crippen LogP contribution in [-0.4, -0.2) is 117 Å². The van der Waals surface area contributed by atoms with Crippen LogP contribution in [0.15, 0.2) is 12.2 Å². The highest BCUT2D eigenvalue weighted by Gasteiger charge is 2.50. The van der Waals surface area contributed by atoms with Gasteiger partial charge in [0, 0.05) is 0 Å². The van der Waals surface area contributed by atoms with Crippen molar-refractivity contribution in [2.24, 2.45) is 0 Å². The first-order valence-electron chi connectivity index (χ1n) is 8.66. The molecule has 0 aliphatic carbocycles. The molecule has 2 heterocycles. The molecule has 4 unspecified atom stereocenters. The van der Waals surface area contributed by atoms with Crippen molar-refractivity contribution in [3.63, 3.8) is 0 Å². The average Bonchev–Trinajstić information content (AvgIpc) is 2.67. The predicted molar refractivity (Wildman–Crippen MR) is 87.2 cm³/mol. The van der Waals surface area contributed by atoms with E-state index in [1.54, 1.807) is 19.1 Å². The quantitative estimate of drug-likeness (QED) is 0.210. The van der Waals surface area contributed by atoms with E-state index in [1.807, 2.05) is 0 Å². The Bertz CT molecular complexity index is 471. The van der Waals surface area contributed by atoms with Crippen LogP contribution in [0.25, 0.3) is 0 Å². The van der Waals surface area contributed by atoms with Crippen molar-refractivity contribution in [1.82, 2.24) is 0 Å². The third-order valence-electron chi connectivity index (χ3n) is 4.55. The summed E-state index contributed by atoms with van der Waals surface area (Å²) in [5.74, 6) is 0. The zero-order valence-electron chi connectivity index (χ0n) is 14.8. The summed E-state index contributed by atoms with van der Waals surface area (Å²) in [5.41, 5.74) is 0. The van der Waals surface area contributed by atoms with Gasteiger partial charge < -0.3 is 54.7 Å². The van der Waals surface area contributed by atoms with E-state index in [9.17, 15) is 35.7 Å². The van der Waals surface area contributed by atoms with Crippen LogP contribution >= 0.6 is 0 Å². The topological polar surface area (TPSA) is 179 Å². The third-order valence-corrected chi connectivity index (χ3v) is 4.55.